The van der Waals surface area contributed by atoms with Crippen molar-refractivity contribution in [2.24, 2.45) is 5.92 Å². The van der Waals surface area contributed by atoms with Crippen LogP contribution in [0.2, 0.25) is 0 Å². The summed E-state index contributed by atoms with van der Waals surface area (Å²) >= 11 is 0. The Balaban J connectivity index is 2.00. The highest BCUT2D eigenvalue weighted by molar-refractivity contribution is 5.89. The van der Waals surface area contributed by atoms with Crippen molar-refractivity contribution in [1.29, 1.82) is 0 Å². The van der Waals surface area contributed by atoms with Crippen molar-refractivity contribution in [2.75, 3.05) is 0 Å². The highest BCUT2D eigenvalue weighted by atomic mass is 16.4. The minimum Gasteiger partial charge on any atom is -0.480 e. The van der Waals surface area contributed by atoms with Crippen LogP contribution in [0.25, 0.3) is 0 Å². The van der Waals surface area contributed by atoms with Gasteiger partial charge in [-0.05, 0) is 42.7 Å². The Morgan fingerprint density at radius 2 is 1.91 bits per heavy atom. The fraction of sp³-hybridized carbons (Fsp3) is 0.556. The number of hydrogen-bond acceptors (Lipinski definition) is 2. The lowest BCUT2D eigenvalue weighted by atomic mass is 9.98. The number of carbonyl (C=O) groups excluding carboxylic acids is 1. The molecule has 4 nitrogen and oxygen atoms in total. The van der Waals surface area contributed by atoms with Gasteiger partial charge in [0.25, 0.3) is 0 Å². The molecule has 3 atom stereocenters. The first-order valence-corrected chi connectivity index (χ1v) is 7.93. The third-order valence-electron chi connectivity index (χ3n) is 4.74. The topological polar surface area (TPSA) is 66.4 Å². The van der Waals surface area contributed by atoms with Crippen molar-refractivity contribution < 1.29 is 14.7 Å². The van der Waals surface area contributed by atoms with E-state index in [1.165, 1.54) is 5.56 Å². The molecule has 0 spiro atoms. The molecule has 2 N–H and O–H groups in total. The molecule has 1 aliphatic rings. The SMILES string of the molecule is CCC(C)(NC(=O)C1CC1c1ccc(C(C)C)cc1)C(=O)O. The van der Waals surface area contributed by atoms with Crippen molar-refractivity contribution >= 4 is 11.9 Å². The third kappa shape index (κ3) is 3.32. The number of carbonyl (C=O) groups is 2. The molecular formula is C18H25NO3. The van der Waals surface area contributed by atoms with Crippen LogP contribution in [-0.4, -0.2) is 22.5 Å². The van der Waals surface area contributed by atoms with Gasteiger partial charge in [-0.15, -0.1) is 0 Å². The molecule has 0 bridgehead atoms. The first-order valence-electron chi connectivity index (χ1n) is 7.93. The average Bonchev–Trinajstić information content (AvgIpc) is 3.27. The lowest BCUT2D eigenvalue weighted by Crippen LogP contribution is -2.52. The molecule has 1 aromatic rings. The molecule has 1 aliphatic carbocycles. The van der Waals surface area contributed by atoms with E-state index in [2.05, 4.69) is 43.4 Å². The molecule has 0 aromatic heterocycles. The maximum Gasteiger partial charge on any atom is 0.329 e. The smallest absolute Gasteiger partial charge is 0.329 e. The monoisotopic (exact) mass is 303 g/mol. The Labute approximate surface area is 131 Å². The molecule has 120 valence electrons. The highest BCUT2D eigenvalue weighted by Gasteiger charge is 2.46. The minimum atomic E-state index is -1.17. The van der Waals surface area contributed by atoms with Crippen molar-refractivity contribution in [3.63, 3.8) is 0 Å². The van der Waals surface area contributed by atoms with Crippen LogP contribution >= 0.6 is 0 Å². The zero-order valence-electron chi connectivity index (χ0n) is 13.7. The van der Waals surface area contributed by atoms with E-state index in [0.29, 0.717) is 12.3 Å². The fourth-order valence-corrected chi connectivity index (χ4v) is 2.64. The van der Waals surface area contributed by atoms with Gasteiger partial charge in [-0.3, -0.25) is 4.79 Å². The van der Waals surface area contributed by atoms with Gasteiger partial charge >= 0.3 is 5.97 Å². The normalized spacial score (nSPS) is 23.0. The summed E-state index contributed by atoms with van der Waals surface area (Å²) in [5.41, 5.74) is 1.28. The van der Waals surface area contributed by atoms with Gasteiger partial charge in [-0.2, -0.15) is 0 Å². The molecule has 0 aliphatic heterocycles. The Bertz CT molecular complexity index is 564. The van der Waals surface area contributed by atoms with E-state index in [-0.39, 0.29) is 17.7 Å². The predicted molar refractivity (Wildman–Crippen MR) is 85.9 cm³/mol. The maximum atomic E-state index is 12.3. The summed E-state index contributed by atoms with van der Waals surface area (Å²) in [4.78, 5) is 23.5. The van der Waals surface area contributed by atoms with E-state index in [1.54, 1.807) is 13.8 Å². The van der Waals surface area contributed by atoms with Crippen LogP contribution in [0.3, 0.4) is 0 Å². The van der Waals surface area contributed by atoms with Crippen LogP contribution < -0.4 is 5.32 Å². The van der Waals surface area contributed by atoms with E-state index in [1.807, 2.05) is 0 Å². The number of rotatable bonds is 6. The molecule has 22 heavy (non-hydrogen) atoms. The molecule has 4 heteroatoms. The molecule has 1 saturated carbocycles. The summed E-state index contributed by atoms with van der Waals surface area (Å²) in [6.45, 7) is 7.63. The van der Waals surface area contributed by atoms with Gasteiger partial charge in [0.2, 0.25) is 5.91 Å². The van der Waals surface area contributed by atoms with E-state index in [4.69, 9.17) is 0 Å². The van der Waals surface area contributed by atoms with Gasteiger partial charge < -0.3 is 10.4 Å². The molecule has 1 aromatic carbocycles. The quantitative estimate of drug-likeness (QED) is 0.847. The van der Waals surface area contributed by atoms with E-state index >= 15 is 0 Å². The van der Waals surface area contributed by atoms with Gasteiger partial charge in [0.05, 0.1) is 0 Å². The van der Waals surface area contributed by atoms with E-state index in [9.17, 15) is 14.7 Å². The lowest BCUT2D eigenvalue weighted by molar-refractivity contribution is -0.147. The summed E-state index contributed by atoms with van der Waals surface area (Å²) in [6, 6.07) is 8.40. The second kappa shape index (κ2) is 6.11. The van der Waals surface area contributed by atoms with Gasteiger partial charge in [0.15, 0.2) is 0 Å². The Morgan fingerprint density at radius 3 is 2.36 bits per heavy atom. The first kappa shape index (κ1) is 16.5. The summed E-state index contributed by atoms with van der Waals surface area (Å²) in [6.07, 6.45) is 1.17. The Hall–Kier alpha value is -1.84. The van der Waals surface area contributed by atoms with Gasteiger partial charge in [-0.25, -0.2) is 4.79 Å². The predicted octanol–water partition coefficient (Wildman–Crippen LogP) is 3.28. The Morgan fingerprint density at radius 1 is 1.32 bits per heavy atom. The number of benzene rings is 1. The summed E-state index contributed by atoms with van der Waals surface area (Å²) in [7, 11) is 0. The molecular weight excluding hydrogens is 278 g/mol. The number of carboxylic acid groups (broad SMARTS) is 1. The standard InChI is InChI=1S/C18H25NO3/c1-5-18(4,17(21)22)19-16(20)15-10-14(15)13-8-6-12(7-9-13)11(2)3/h6-9,11,14-15H,5,10H2,1-4H3,(H,19,20)(H,21,22). The number of carboxylic acids is 1. The first-order chi connectivity index (χ1) is 10.3. The second-order valence-corrected chi connectivity index (χ2v) is 6.75. The zero-order chi connectivity index (χ0) is 16.5. The number of hydrogen-bond donors (Lipinski definition) is 2. The third-order valence-corrected chi connectivity index (χ3v) is 4.74. The van der Waals surface area contributed by atoms with Crippen LogP contribution in [0.4, 0.5) is 0 Å². The van der Waals surface area contributed by atoms with Crippen molar-refractivity contribution in [1.82, 2.24) is 5.32 Å². The zero-order valence-corrected chi connectivity index (χ0v) is 13.7. The number of nitrogens with one attached hydrogen (secondary N) is 1. The maximum absolute atomic E-state index is 12.3. The van der Waals surface area contributed by atoms with Gasteiger partial charge in [-0.1, -0.05) is 45.0 Å². The molecule has 1 amide bonds. The van der Waals surface area contributed by atoms with E-state index in [0.717, 1.165) is 12.0 Å². The molecule has 0 radical (unpaired) electrons. The van der Waals surface area contributed by atoms with Crippen molar-refractivity contribution in [3.05, 3.63) is 35.4 Å². The Kier molecular flexibility index (Phi) is 4.59. The van der Waals surface area contributed by atoms with Crippen LogP contribution in [-0.2, 0) is 9.59 Å². The summed E-state index contributed by atoms with van der Waals surface area (Å²) in [5, 5.41) is 11.9. The molecule has 2 rings (SSSR count). The lowest BCUT2D eigenvalue weighted by Gasteiger charge is -2.24. The van der Waals surface area contributed by atoms with Crippen LogP contribution in [0.5, 0.6) is 0 Å². The summed E-state index contributed by atoms with van der Waals surface area (Å²) < 4.78 is 0. The van der Waals surface area contributed by atoms with Gasteiger partial charge in [0, 0.05) is 5.92 Å². The van der Waals surface area contributed by atoms with Crippen LogP contribution in [0.15, 0.2) is 24.3 Å². The molecule has 1 fully saturated rings. The molecule has 3 unspecified atom stereocenters. The van der Waals surface area contributed by atoms with Crippen LogP contribution in [0, 0.1) is 5.92 Å². The fourth-order valence-electron chi connectivity index (χ4n) is 2.64. The summed E-state index contributed by atoms with van der Waals surface area (Å²) in [5.74, 6) is -0.522. The minimum absolute atomic E-state index is 0.102. The average molecular weight is 303 g/mol. The molecule has 0 saturated heterocycles. The van der Waals surface area contributed by atoms with Gasteiger partial charge in [0.1, 0.15) is 5.54 Å². The van der Waals surface area contributed by atoms with E-state index < -0.39 is 11.5 Å². The largest absolute Gasteiger partial charge is 0.480 e. The second-order valence-electron chi connectivity index (χ2n) is 6.75. The molecule has 0 heterocycles. The van der Waals surface area contributed by atoms with Crippen LogP contribution in [0.1, 0.15) is 63.5 Å². The highest BCUT2D eigenvalue weighted by Crippen LogP contribution is 2.48. The van der Waals surface area contributed by atoms with Crippen molar-refractivity contribution in [2.45, 2.75) is 57.9 Å². The van der Waals surface area contributed by atoms with Crippen molar-refractivity contribution in [3.8, 4) is 0 Å². The number of amides is 1. The number of aliphatic carboxylic acids is 1.